The summed E-state index contributed by atoms with van der Waals surface area (Å²) in [5, 5.41) is 3.15. The van der Waals surface area contributed by atoms with E-state index in [-0.39, 0.29) is 17.2 Å². The maximum atomic E-state index is 12.1. The lowest BCUT2D eigenvalue weighted by Gasteiger charge is -2.42. The van der Waals surface area contributed by atoms with E-state index in [0.29, 0.717) is 11.6 Å². The van der Waals surface area contributed by atoms with Gasteiger partial charge in [-0.25, -0.2) is 4.98 Å². The molecule has 3 heterocycles. The fourth-order valence-corrected chi connectivity index (χ4v) is 2.94. The number of piperidine rings is 1. The second-order valence-electron chi connectivity index (χ2n) is 5.10. The number of halogens is 1. The van der Waals surface area contributed by atoms with E-state index in [0.717, 1.165) is 30.9 Å². The van der Waals surface area contributed by atoms with Crippen LogP contribution in [0.2, 0.25) is 5.28 Å². The summed E-state index contributed by atoms with van der Waals surface area (Å²) in [5.74, 6) is 1.38. The van der Waals surface area contributed by atoms with E-state index in [1.807, 2.05) is 6.92 Å². The van der Waals surface area contributed by atoms with Crippen LogP contribution in [0.3, 0.4) is 0 Å². The van der Waals surface area contributed by atoms with Gasteiger partial charge in [0.15, 0.2) is 5.82 Å². The predicted octanol–water partition coefficient (Wildman–Crippen LogP) is 2.00. The van der Waals surface area contributed by atoms with Gasteiger partial charge in [0.1, 0.15) is 11.7 Å². The first-order valence-electron chi connectivity index (χ1n) is 6.18. The number of fused-ring (bicyclic) bond motifs is 3. The molecule has 2 aliphatic heterocycles. The van der Waals surface area contributed by atoms with Crippen LogP contribution >= 0.6 is 11.6 Å². The number of anilines is 2. The number of nitrogens with one attached hydrogen (secondary N) is 1. The molecule has 2 unspecified atom stereocenters. The SMILES string of the molecule is Cc1nc(Cl)nc2c1NC(=O)C1CC(C)CCN21. The standard InChI is InChI=1S/C12H15ClN4O/c1-6-3-4-17-8(5-6)11(18)15-9-7(2)14-12(13)16-10(9)17/h6,8H,3-5H2,1-2H3,(H,15,18). The molecule has 1 amide bonds. The van der Waals surface area contributed by atoms with Gasteiger partial charge in [-0.1, -0.05) is 6.92 Å². The van der Waals surface area contributed by atoms with Crippen molar-refractivity contribution in [1.29, 1.82) is 0 Å². The van der Waals surface area contributed by atoms with E-state index in [1.54, 1.807) is 0 Å². The molecule has 6 heteroatoms. The molecule has 0 radical (unpaired) electrons. The molecule has 1 aromatic heterocycles. The largest absolute Gasteiger partial charge is 0.343 e. The van der Waals surface area contributed by atoms with E-state index in [9.17, 15) is 4.79 Å². The van der Waals surface area contributed by atoms with Crippen molar-refractivity contribution in [3.05, 3.63) is 11.0 Å². The second kappa shape index (κ2) is 4.09. The van der Waals surface area contributed by atoms with Crippen LogP contribution in [0.25, 0.3) is 0 Å². The van der Waals surface area contributed by atoms with Crippen LogP contribution < -0.4 is 10.2 Å². The number of nitrogens with zero attached hydrogens (tertiary/aromatic N) is 3. The third-order valence-electron chi connectivity index (χ3n) is 3.73. The summed E-state index contributed by atoms with van der Waals surface area (Å²) < 4.78 is 0. The smallest absolute Gasteiger partial charge is 0.247 e. The minimum absolute atomic E-state index is 0.0445. The first-order chi connectivity index (χ1) is 8.56. The van der Waals surface area contributed by atoms with Crippen LogP contribution in [-0.4, -0.2) is 28.5 Å². The molecular formula is C12H15ClN4O. The van der Waals surface area contributed by atoms with Gasteiger partial charge in [0.2, 0.25) is 11.2 Å². The third-order valence-corrected chi connectivity index (χ3v) is 3.90. The van der Waals surface area contributed by atoms with Crippen molar-refractivity contribution in [2.24, 2.45) is 5.92 Å². The van der Waals surface area contributed by atoms with Gasteiger partial charge in [-0.2, -0.15) is 4.98 Å². The average Bonchev–Trinajstić information content (AvgIpc) is 2.31. The number of aryl methyl sites for hydroxylation is 1. The Balaban J connectivity index is 2.08. The Morgan fingerprint density at radius 2 is 2.22 bits per heavy atom. The van der Waals surface area contributed by atoms with E-state index in [2.05, 4.69) is 27.1 Å². The highest BCUT2D eigenvalue weighted by molar-refractivity contribution is 6.28. The number of aromatic nitrogens is 2. The van der Waals surface area contributed by atoms with Crippen LogP contribution in [0, 0.1) is 12.8 Å². The summed E-state index contributed by atoms with van der Waals surface area (Å²) in [6.07, 6.45) is 1.94. The van der Waals surface area contributed by atoms with Crippen molar-refractivity contribution in [2.75, 3.05) is 16.8 Å². The number of amides is 1. The summed E-state index contributed by atoms with van der Waals surface area (Å²) in [4.78, 5) is 22.6. The monoisotopic (exact) mass is 266 g/mol. The lowest BCUT2D eigenvalue weighted by Crippen LogP contribution is -2.52. The lowest BCUT2D eigenvalue weighted by molar-refractivity contribution is -0.118. The average molecular weight is 267 g/mol. The van der Waals surface area contributed by atoms with Crippen LogP contribution in [0.4, 0.5) is 11.5 Å². The predicted molar refractivity (Wildman–Crippen MR) is 69.9 cm³/mol. The Kier molecular flexibility index (Phi) is 2.66. The summed E-state index contributed by atoms with van der Waals surface area (Å²) in [6, 6.07) is -0.119. The zero-order chi connectivity index (χ0) is 12.9. The Hall–Kier alpha value is -1.36. The van der Waals surface area contributed by atoms with Crippen LogP contribution in [0.15, 0.2) is 0 Å². The first kappa shape index (κ1) is 11.7. The molecule has 5 nitrogen and oxygen atoms in total. The minimum atomic E-state index is -0.119. The summed E-state index contributed by atoms with van der Waals surface area (Å²) >= 11 is 5.92. The number of rotatable bonds is 0. The molecule has 18 heavy (non-hydrogen) atoms. The highest BCUT2D eigenvalue weighted by Gasteiger charge is 2.38. The van der Waals surface area contributed by atoms with Gasteiger partial charge in [-0.15, -0.1) is 0 Å². The number of hydrogen-bond donors (Lipinski definition) is 1. The summed E-state index contributed by atoms with van der Waals surface area (Å²) in [5.41, 5.74) is 1.42. The number of carbonyl (C=O) groups is 1. The molecule has 2 atom stereocenters. The Labute approximate surface area is 111 Å². The maximum Gasteiger partial charge on any atom is 0.247 e. The van der Waals surface area contributed by atoms with Gasteiger partial charge >= 0.3 is 0 Å². The molecule has 1 aromatic rings. The van der Waals surface area contributed by atoms with Crippen molar-refractivity contribution < 1.29 is 4.79 Å². The molecule has 1 fully saturated rings. The second-order valence-corrected chi connectivity index (χ2v) is 5.44. The zero-order valence-electron chi connectivity index (χ0n) is 10.4. The summed E-state index contributed by atoms with van der Waals surface area (Å²) in [7, 11) is 0. The van der Waals surface area contributed by atoms with Crippen LogP contribution in [0.1, 0.15) is 25.5 Å². The van der Waals surface area contributed by atoms with Gasteiger partial charge in [-0.3, -0.25) is 4.79 Å². The topological polar surface area (TPSA) is 58.1 Å². The van der Waals surface area contributed by atoms with Crippen molar-refractivity contribution >= 4 is 29.0 Å². The highest BCUT2D eigenvalue weighted by atomic mass is 35.5. The molecule has 0 aliphatic carbocycles. The molecule has 1 N–H and O–H groups in total. The maximum absolute atomic E-state index is 12.1. The van der Waals surface area contributed by atoms with Crippen LogP contribution in [0.5, 0.6) is 0 Å². The lowest BCUT2D eigenvalue weighted by atomic mass is 9.90. The first-order valence-corrected chi connectivity index (χ1v) is 6.55. The van der Waals surface area contributed by atoms with E-state index >= 15 is 0 Å². The van der Waals surface area contributed by atoms with Crippen molar-refractivity contribution in [2.45, 2.75) is 32.7 Å². The number of hydrogen-bond acceptors (Lipinski definition) is 4. The van der Waals surface area contributed by atoms with Crippen molar-refractivity contribution in [1.82, 2.24) is 9.97 Å². The van der Waals surface area contributed by atoms with Crippen LogP contribution in [-0.2, 0) is 4.79 Å². The number of carbonyl (C=O) groups excluding carboxylic acids is 1. The third kappa shape index (κ3) is 1.73. The van der Waals surface area contributed by atoms with E-state index in [4.69, 9.17) is 11.6 Å². The van der Waals surface area contributed by atoms with Gasteiger partial charge in [-0.05, 0) is 37.3 Å². The van der Waals surface area contributed by atoms with Gasteiger partial charge in [0.25, 0.3) is 0 Å². The minimum Gasteiger partial charge on any atom is -0.343 e. The molecule has 3 rings (SSSR count). The molecule has 0 aromatic carbocycles. The summed E-state index contributed by atoms with van der Waals surface area (Å²) in [6.45, 7) is 4.86. The molecule has 2 aliphatic rings. The van der Waals surface area contributed by atoms with Crippen molar-refractivity contribution in [3.63, 3.8) is 0 Å². The molecule has 1 saturated heterocycles. The Morgan fingerprint density at radius 3 is 3.00 bits per heavy atom. The van der Waals surface area contributed by atoms with Gasteiger partial charge in [0.05, 0.1) is 5.69 Å². The van der Waals surface area contributed by atoms with Crippen molar-refractivity contribution in [3.8, 4) is 0 Å². The van der Waals surface area contributed by atoms with E-state index in [1.165, 1.54) is 0 Å². The quantitative estimate of drug-likeness (QED) is 0.730. The highest BCUT2D eigenvalue weighted by Crippen LogP contribution is 2.37. The Morgan fingerprint density at radius 1 is 1.44 bits per heavy atom. The Bertz CT molecular complexity index is 519. The molecule has 0 bridgehead atoms. The van der Waals surface area contributed by atoms with Gasteiger partial charge < -0.3 is 10.2 Å². The fourth-order valence-electron chi connectivity index (χ4n) is 2.73. The van der Waals surface area contributed by atoms with Gasteiger partial charge in [0, 0.05) is 6.54 Å². The zero-order valence-corrected chi connectivity index (χ0v) is 11.2. The normalized spacial score (nSPS) is 26.4. The fraction of sp³-hybridized carbons (Fsp3) is 0.583. The molecule has 96 valence electrons. The molecule has 0 saturated carbocycles. The van der Waals surface area contributed by atoms with E-state index < -0.39 is 0 Å². The molecular weight excluding hydrogens is 252 g/mol. The molecule has 0 spiro atoms.